The summed E-state index contributed by atoms with van der Waals surface area (Å²) in [4.78, 5) is 11.1. The molecule has 0 atom stereocenters. The maximum atomic E-state index is 11.1. The smallest absolute Gasteiger partial charge is 0.334 e. The summed E-state index contributed by atoms with van der Waals surface area (Å²) < 4.78 is 4.99. The van der Waals surface area contributed by atoms with Crippen molar-refractivity contribution >= 4 is 5.97 Å². The summed E-state index contributed by atoms with van der Waals surface area (Å²) in [5.41, 5.74) is 0. The van der Waals surface area contributed by atoms with Gasteiger partial charge in [0.1, 0.15) is 0 Å². The first-order valence-electron chi connectivity index (χ1n) is 10.2. The van der Waals surface area contributed by atoms with Gasteiger partial charge in [0.05, 0.1) is 18.4 Å². The van der Waals surface area contributed by atoms with Crippen molar-refractivity contribution in [2.75, 3.05) is 6.61 Å². The molecule has 1 N–H and O–H groups in total. The lowest BCUT2D eigenvalue weighted by molar-refractivity contribution is -0.138. The summed E-state index contributed by atoms with van der Waals surface area (Å²) in [6.07, 6.45) is 21.0. The number of esters is 1. The fraction of sp³-hybridized carbons (Fsp3) is 0.857. The van der Waals surface area contributed by atoms with E-state index in [-0.39, 0.29) is 5.76 Å². The van der Waals surface area contributed by atoms with E-state index >= 15 is 0 Å². The van der Waals surface area contributed by atoms with E-state index in [4.69, 9.17) is 9.84 Å². The molecule has 0 unspecified atom stereocenters. The molecule has 0 saturated carbocycles. The second kappa shape index (κ2) is 18.4. The monoisotopic (exact) mass is 340 g/mol. The third kappa shape index (κ3) is 19.1. The van der Waals surface area contributed by atoms with Crippen molar-refractivity contribution in [1.82, 2.24) is 0 Å². The van der Waals surface area contributed by atoms with Gasteiger partial charge in [-0.15, -0.1) is 0 Å². The van der Waals surface area contributed by atoms with Crippen LogP contribution in [0.5, 0.6) is 0 Å². The van der Waals surface area contributed by atoms with Gasteiger partial charge in [0.2, 0.25) is 0 Å². The van der Waals surface area contributed by atoms with Crippen LogP contribution < -0.4 is 0 Å². The van der Waals surface area contributed by atoms with Gasteiger partial charge in [-0.05, 0) is 13.3 Å². The number of hydrogen-bond donors (Lipinski definition) is 1. The lowest BCUT2D eigenvalue weighted by Crippen LogP contribution is -2.03. The average molecular weight is 341 g/mol. The SMILES string of the molecule is CCCCCCCCCCCCCCCCCOC(=O)/C=C(\C)O. The van der Waals surface area contributed by atoms with Crippen molar-refractivity contribution in [3.8, 4) is 0 Å². The minimum atomic E-state index is -0.444. The molecule has 0 fully saturated rings. The normalized spacial score (nSPS) is 11.7. The molecule has 0 aromatic rings. The van der Waals surface area contributed by atoms with E-state index in [1.807, 2.05) is 0 Å². The molecule has 0 aliphatic carbocycles. The van der Waals surface area contributed by atoms with Crippen LogP contribution in [0, 0.1) is 0 Å². The second-order valence-electron chi connectivity index (χ2n) is 6.90. The number of aliphatic hydroxyl groups excluding tert-OH is 1. The Bertz CT molecular complexity index is 306. The topological polar surface area (TPSA) is 46.5 Å². The van der Waals surface area contributed by atoms with Gasteiger partial charge >= 0.3 is 5.97 Å². The average Bonchev–Trinajstić information content (AvgIpc) is 2.53. The van der Waals surface area contributed by atoms with Gasteiger partial charge in [0.25, 0.3) is 0 Å². The predicted octanol–water partition coefficient (Wildman–Crippen LogP) is 6.86. The highest BCUT2D eigenvalue weighted by atomic mass is 16.5. The molecule has 142 valence electrons. The van der Waals surface area contributed by atoms with Gasteiger partial charge in [-0.25, -0.2) is 4.79 Å². The molecule has 0 amide bonds. The minimum Gasteiger partial charge on any atom is -0.512 e. The number of ether oxygens (including phenoxy) is 1. The molecule has 0 saturated heterocycles. The quantitative estimate of drug-likeness (QED) is 0.136. The van der Waals surface area contributed by atoms with Crippen molar-refractivity contribution in [3.63, 3.8) is 0 Å². The van der Waals surface area contributed by atoms with Crippen LogP contribution in [0.3, 0.4) is 0 Å². The Morgan fingerprint density at radius 3 is 1.50 bits per heavy atom. The molecular formula is C21H40O3. The number of carbonyl (C=O) groups excluding carboxylic acids is 1. The zero-order valence-corrected chi connectivity index (χ0v) is 16.2. The molecular weight excluding hydrogens is 300 g/mol. The number of allylic oxidation sites excluding steroid dienone is 1. The third-order valence-electron chi connectivity index (χ3n) is 4.32. The molecule has 0 aliphatic heterocycles. The highest BCUT2D eigenvalue weighted by molar-refractivity contribution is 5.82. The van der Waals surface area contributed by atoms with E-state index in [9.17, 15) is 4.79 Å². The van der Waals surface area contributed by atoms with E-state index in [2.05, 4.69) is 6.92 Å². The third-order valence-corrected chi connectivity index (χ3v) is 4.32. The lowest BCUT2D eigenvalue weighted by Gasteiger charge is -2.04. The Labute approximate surface area is 149 Å². The van der Waals surface area contributed by atoms with Crippen LogP contribution in [0.2, 0.25) is 0 Å². The summed E-state index contributed by atoms with van der Waals surface area (Å²) in [7, 11) is 0. The molecule has 0 aromatic heterocycles. The van der Waals surface area contributed by atoms with Gasteiger partial charge < -0.3 is 9.84 Å². The standard InChI is InChI=1S/C21H40O3/c1-3-4-5-6-7-8-9-10-11-12-13-14-15-16-17-18-24-21(23)19-20(2)22/h19,22H,3-18H2,1-2H3/b20-19+. The number of aliphatic hydroxyl groups is 1. The number of unbranched alkanes of at least 4 members (excludes halogenated alkanes) is 14. The first-order chi connectivity index (χ1) is 11.7. The molecule has 0 aliphatic rings. The Morgan fingerprint density at radius 2 is 1.12 bits per heavy atom. The van der Waals surface area contributed by atoms with Crippen molar-refractivity contribution < 1.29 is 14.6 Å². The maximum absolute atomic E-state index is 11.1. The van der Waals surface area contributed by atoms with Crippen LogP contribution in [-0.4, -0.2) is 17.7 Å². The summed E-state index contributed by atoms with van der Waals surface area (Å²) in [6, 6.07) is 0. The van der Waals surface area contributed by atoms with Gasteiger partial charge in [-0.2, -0.15) is 0 Å². The Morgan fingerprint density at radius 1 is 0.750 bits per heavy atom. The van der Waals surface area contributed by atoms with Gasteiger partial charge in [-0.3, -0.25) is 0 Å². The number of rotatable bonds is 17. The number of carbonyl (C=O) groups is 1. The predicted molar refractivity (Wildman–Crippen MR) is 102 cm³/mol. The van der Waals surface area contributed by atoms with Crippen LogP contribution in [-0.2, 0) is 9.53 Å². The van der Waals surface area contributed by atoms with Crippen LogP contribution in [0.1, 0.15) is 110 Å². The molecule has 0 spiro atoms. The van der Waals surface area contributed by atoms with Crippen LogP contribution in [0.25, 0.3) is 0 Å². The molecule has 3 heteroatoms. The summed E-state index contributed by atoms with van der Waals surface area (Å²) in [5.74, 6) is -0.447. The van der Waals surface area contributed by atoms with Crippen molar-refractivity contribution in [2.24, 2.45) is 0 Å². The minimum absolute atomic E-state index is 0.00325. The number of hydrogen-bond acceptors (Lipinski definition) is 3. The summed E-state index contributed by atoms with van der Waals surface area (Å²) >= 11 is 0. The highest BCUT2D eigenvalue weighted by Crippen LogP contribution is 2.13. The zero-order valence-electron chi connectivity index (χ0n) is 16.2. The molecule has 0 aromatic carbocycles. The summed E-state index contributed by atoms with van der Waals surface area (Å²) in [5, 5.41) is 8.92. The molecule has 0 radical (unpaired) electrons. The zero-order chi connectivity index (χ0) is 17.9. The van der Waals surface area contributed by atoms with Crippen molar-refractivity contribution in [2.45, 2.75) is 110 Å². The Balaban J connectivity index is 3.10. The Kier molecular flexibility index (Phi) is 17.6. The van der Waals surface area contributed by atoms with Crippen molar-refractivity contribution in [3.05, 3.63) is 11.8 Å². The van der Waals surface area contributed by atoms with Crippen LogP contribution in [0.15, 0.2) is 11.8 Å². The Hall–Kier alpha value is -0.990. The fourth-order valence-electron chi connectivity index (χ4n) is 2.86. The maximum Gasteiger partial charge on any atom is 0.334 e. The molecule has 0 bridgehead atoms. The van der Waals surface area contributed by atoms with E-state index in [1.165, 1.54) is 90.4 Å². The highest BCUT2D eigenvalue weighted by Gasteiger charge is 1.99. The molecule has 0 heterocycles. The first-order valence-corrected chi connectivity index (χ1v) is 10.2. The van der Waals surface area contributed by atoms with E-state index in [1.54, 1.807) is 0 Å². The second-order valence-corrected chi connectivity index (χ2v) is 6.90. The van der Waals surface area contributed by atoms with Crippen molar-refractivity contribution in [1.29, 1.82) is 0 Å². The lowest BCUT2D eigenvalue weighted by atomic mass is 10.0. The van der Waals surface area contributed by atoms with Gasteiger partial charge in [0, 0.05) is 0 Å². The molecule has 3 nitrogen and oxygen atoms in total. The summed E-state index contributed by atoms with van der Waals surface area (Å²) in [6.45, 7) is 4.20. The fourth-order valence-corrected chi connectivity index (χ4v) is 2.86. The largest absolute Gasteiger partial charge is 0.512 e. The van der Waals surface area contributed by atoms with E-state index < -0.39 is 5.97 Å². The van der Waals surface area contributed by atoms with Gasteiger partial charge in [0.15, 0.2) is 0 Å². The van der Waals surface area contributed by atoms with Crippen LogP contribution in [0.4, 0.5) is 0 Å². The van der Waals surface area contributed by atoms with Gasteiger partial charge in [-0.1, -0.05) is 96.8 Å². The molecule has 24 heavy (non-hydrogen) atoms. The van der Waals surface area contributed by atoms with Crippen LogP contribution >= 0.6 is 0 Å². The van der Waals surface area contributed by atoms with E-state index in [0.29, 0.717) is 6.61 Å². The molecule has 0 rings (SSSR count). The first kappa shape index (κ1) is 23.0. The van der Waals surface area contributed by atoms with E-state index in [0.717, 1.165) is 18.9 Å².